The van der Waals surface area contributed by atoms with Crippen molar-refractivity contribution in [2.45, 2.75) is 105 Å². The van der Waals surface area contributed by atoms with E-state index in [9.17, 15) is 28.8 Å². The van der Waals surface area contributed by atoms with Gasteiger partial charge in [0.25, 0.3) is 0 Å². The topological polar surface area (TPSA) is 198 Å². The van der Waals surface area contributed by atoms with Gasteiger partial charge in [-0.2, -0.15) is 0 Å². The third-order valence-corrected chi connectivity index (χ3v) is 7.33. The molecular formula is C34H56N6O8. The number of likely N-dealkylation sites (N-methyl/N-ethyl adjacent to an activating group) is 1. The molecule has 1 unspecified atom stereocenters. The summed E-state index contributed by atoms with van der Waals surface area (Å²) in [4.78, 5) is 74.8. The zero-order valence-corrected chi connectivity index (χ0v) is 29.6. The number of nitrogens with zero attached hydrogens (tertiary/aromatic N) is 1. The van der Waals surface area contributed by atoms with Crippen molar-refractivity contribution in [3.05, 3.63) is 29.8 Å². The van der Waals surface area contributed by atoms with Crippen molar-refractivity contribution in [1.82, 2.24) is 20.9 Å². The van der Waals surface area contributed by atoms with E-state index >= 15 is 0 Å². The molecule has 0 bridgehead atoms. The molecule has 6 N–H and O–H groups in total. The molecule has 6 amide bonds. The highest BCUT2D eigenvalue weighted by atomic mass is 16.6. The smallest absolute Gasteiger partial charge is 0.409 e. The molecule has 1 aromatic rings. The first-order valence-corrected chi connectivity index (χ1v) is 16.5. The van der Waals surface area contributed by atoms with Crippen LogP contribution in [0.3, 0.4) is 0 Å². The van der Waals surface area contributed by atoms with E-state index in [0.29, 0.717) is 24.1 Å². The standard InChI is InChI=1S/C34H56N6O8/c1-23(2)29(39-28(42)13-9-8-10-18-34(4,5)6)31(44)38-27(12-11-19-36-32(35)45)30(43)37-26-16-14-25(15-17-26)22-48-33(46)40(7)20-21-47-24(3)41/h14-17,23,27,29H,8-13,18-22H2,1-7H3,(H,37,43)(H,38,44)(H,39,42)(H3,35,36,45)/t27-,29?/m0/s1. The average molecular weight is 677 g/mol. The predicted octanol–water partition coefficient (Wildman–Crippen LogP) is 3.83. The normalized spacial score (nSPS) is 12.3. The number of benzene rings is 1. The number of urea groups is 1. The first-order valence-electron chi connectivity index (χ1n) is 16.5. The zero-order valence-electron chi connectivity index (χ0n) is 29.6. The highest BCUT2D eigenvalue weighted by Crippen LogP contribution is 2.22. The lowest BCUT2D eigenvalue weighted by atomic mass is 9.89. The van der Waals surface area contributed by atoms with Gasteiger partial charge in [0, 0.05) is 32.6 Å². The lowest BCUT2D eigenvalue weighted by molar-refractivity contribution is -0.141. The lowest BCUT2D eigenvalue weighted by Gasteiger charge is -2.25. The van der Waals surface area contributed by atoms with Crippen LogP contribution in [0.2, 0.25) is 0 Å². The van der Waals surface area contributed by atoms with Gasteiger partial charge in [0.1, 0.15) is 25.3 Å². The van der Waals surface area contributed by atoms with Gasteiger partial charge in [0.15, 0.2) is 0 Å². The van der Waals surface area contributed by atoms with Crippen molar-refractivity contribution >= 4 is 41.5 Å². The summed E-state index contributed by atoms with van der Waals surface area (Å²) in [7, 11) is 1.52. The molecule has 48 heavy (non-hydrogen) atoms. The Hall–Kier alpha value is -4.36. The Labute approximate surface area is 284 Å². The monoisotopic (exact) mass is 676 g/mol. The number of primary amides is 1. The number of hydrogen-bond acceptors (Lipinski definition) is 8. The molecule has 0 aliphatic carbocycles. The van der Waals surface area contributed by atoms with E-state index in [2.05, 4.69) is 42.0 Å². The molecule has 0 saturated carbocycles. The van der Waals surface area contributed by atoms with Crippen LogP contribution < -0.4 is 27.0 Å². The molecule has 0 aliphatic heterocycles. The minimum Gasteiger partial charge on any atom is -0.464 e. The van der Waals surface area contributed by atoms with E-state index in [-0.39, 0.29) is 50.0 Å². The fourth-order valence-corrected chi connectivity index (χ4v) is 4.53. The number of anilines is 1. The molecule has 270 valence electrons. The number of nitrogens with one attached hydrogen (secondary N) is 4. The molecule has 0 saturated heterocycles. The molecule has 1 aromatic carbocycles. The molecular weight excluding hydrogens is 620 g/mol. The third-order valence-electron chi connectivity index (χ3n) is 7.33. The summed E-state index contributed by atoms with van der Waals surface area (Å²) in [5, 5.41) is 10.9. The zero-order chi connectivity index (χ0) is 36.3. The number of amides is 6. The fraction of sp³-hybridized carbons (Fsp3) is 0.647. The van der Waals surface area contributed by atoms with Gasteiger partial charge in [-0.3, -0.25) is 19.2 Å². The van der Waals surface area contributed by atoms with Crippen LogP contribution in [0, 0.1) is 11.3 Å². The van der Waals surface area contributed by atoms with E-state index in [4.69, 9.17) is 15.2 Å². The minimum atomic E-state index is -0.967. The van der Waals surface area contributed by atoms with Gasteiger partial charge >= 0.3 is 18.1 Å². The first-order chi connectivity index (χ1) is 22.5. The summed E-state index contributed by atoms with van der Waals surface area (Å²) >= 11 is 0. The first kappa shape index (κ1) is 41.7. The van der Waals surface area contributed by atoms with Gasteiger partial charge < -0.3 is 41.4 Å². The second kappa shape index (κ2) is 21.5. The van der Waals surface area contributed by atoms with E-state index in [0.717, 1.165) is 25.7 Å². The molecule has 0 fully saturated rings. The number of hydrogen-bond donors (Lipinski definition) is 5. The van der Waals surface area contributed by atoms with Gasteiger partial charge in [0.2, 0.25) is 17.7 Å². The van der Waals surface area contributed by atoms with Crippen molar-refractivity contribution in [2.75, 3.05) is 32.1 Å². The molecule has 0 radical (unpaired) electrons. The Morgan fingerprint density at radius 3 is 2.15 bits per heavy atom. The van der Waals surface area contributed by atoms with Crippen LogP contribution in [0.25, 0.3) is 0 Å². The Morgan fingerprint density at radius 2 is 1.56 bits per heavy atom. The molecule has 0 heterocycles. The number of unbranched alkanes of at least 4 members (excludes halogenated alkanes) is 2. The van der Waals surface area contributed by atoms with E-state index < -0.39 is 42.0 Å². The molecule has 14 nitrogen and oxygen atoms in total. The average Bonchev–Trinajstić information content (AvgIpc) is 2.99. The molecule has 2 atom stereocenters. The van der Waals surface area contributed by atoms with E-state index in [1.807, 2.05) is 13.8 Å². The molecule has 0 aromatic heterocycles. The quantitative estimate of drug-likeness (QED) is 0.101. The maximum atomic E-state index is 13.4. The third kappa shape index (κ3) is 18.7. The minimum absolute atomic E-state index is 0.0181. The Bertz CT molecular complexity index is 1200. The summed E-state index contributed by atoms with van der Waals surface area (Å²) in [6, 6.07) is 4.13. The summed E-state index contributed by atoms with van der Waals surface area (Å²) in [6.07, 6.45) is 4.03. The summed E-state index contributed by atoms with van der Waals surface area (Å²) in [5.74, 6) is -1.85. The molecule has 1 rings (SSSR count). The van der Waals surface area contributed by atoms with Gasteiger partial charge in [-0.1, -0.05) is 59.6 Å². The number of carbonyl (C=O) groups is 6. The van der Waals surface area contributed by atoms with Crippen LogP contribution in [0.1, 0.15) is 92.1 Å². The number of rotatable bonds is 20. The van der Waals surface area contributed by atoms with Crippen molar-refractivity contribution < 1.29 is 38.2 Å². The summed E-state index contributed by atoms with van der Waals surface area (Å²) < 4.78 is 10.1. The van der Waals surface area contributed by atoms with Gasteiger partial charge in [-0.05, 0) is 54.7 Å². The number of carbonyl (C=O) groups excluding carboxylic acids is 6. The van der Waals surface area contributed by atoms with E-state index in [1.165, 1.54) is 18.9 Å². The molecule has 0 spiro atoms. The van der Waals surface area contributed by atoms with Crippen LogP contribution in [0.5, 0.6) is 0 Å². The second-order valence-corrected chi connectivity index (χ2v) is 13.4. The van der Waals surface area contributed by atoms with Crippen LogP contribution in [-0.4, -0.2) is 79.5 Å². The fourth-order valence-electron chi connectivity index (χ4n) is 4.53. The van der Waals surface area contributed by atoms with Gasteiger partial charge in [0.05, 0.1) is 6.54 Å². The van der Waals surface area contributed by atoms with Crippen molar-refractivity contribution in [3.63, 3.8) is 0 Å². The highest BCUT2D eigenvalue weighted by molar-refractivity contribution is 5.98. The molecule has 0 aliphatic rings. The predicted molar refractivity (Wildman–Crippen MR) is 183 cm³/mol. The van der Waals surface area contributed by atoms with Gasteiger partial charge in [-0.25, -0.2) is 9.59 Å². The number of ether oxygens (including phenoxy) is 2. The number of nitrogens with two attached hydrogens (primary N) is 1. The Kier molecular flexibility index (Phi) is 18.7. The maximum absolute atomic E-state index is 13.4. The van der Waals surface area contributed by atoms with Crippen molar-refractivity contribution in [2.24, 2.45) is 17.1 Å². The summed E-state index contributed by atoms with van der Waals surface area (Å²) in [5.41, 5.74) is 6.51. The van der Waals surface area contributed by atoms with Crippen LogP contribution in [0.15, 0.2) is 24.3 Å². The highest BCUT2D eigenvalue weighted by Gasteiger charge is 2.29. The van der Waals surface area contributed by atoms with Crippen LogP contribution >= 0.6 is 0 Å². The summed E-state index contributed by atoms with van der Waals surface area (Å²) in [6.45, 7) is 11.9. The second-order valence-electron chi connectivity index (χ2n) is 13.4. The van der Waals surface area contributed by atoms with Gasteiger partial charge in [-0.15, -0.1) is 0 Å². The Morgan fingerprint density at radius 1 is 0.896 bits per heavy atom. The maximum Gasteiger partial charge on any atom is 0.409 e. The van der Waals surface area contributed by atoms with E-state index in [1.54, 1.807) is 24.3 Å². The largest absolute Gasteiger partial charge is 0.464 e. The van der Waals surface area contributed by atoms with Crippen LogP contribution in [0.4, 0.5) is 15.3 Å². The Balaban J connectivity index is 2.80. The van der Waals surface area contributed by atoms with Crippen LogP contribution in [-0.2, 0) is 35.3 Å². The SMILES string of the molecule is CC(=O)OCCN(C)C(=O)OCc1ccc(NC(=O)[C@H](CCCNC(N)=O)NC(=O)C(NC(=O)CCCCCC(C)(C)C)C(C)C)cc1. The van der Waals surface area contributed by atoms with Crippen molar-refractivity contribution in [1.29, 1.82) is 0 Å². The van der Waals surface area contributed by atoms with Crippen molar-refractivity contribution in [3.8, 4) is 0 Å². The lowest BCUT2D eigenvalue weighted by Crippen LogP contribution is -2.54. The molecule has 14 heteroatoms. The number of esters is 1.